The minimum absolute atomic E-state index is 0.228. The van der Waals surface area contributed by atoms with E-state index in [0.29, 0.717) is 18.0 Å². The van der Waals surface area contributed by atoms with Crippen molar-refractivity contribution in [1.29, 1.82) is 0 Å². The molecule has 0 saturated heterocycles. The molecule has 0 fully saturated rings. The van der Waals surface area contributed by atoms with Gasteiger partial charge in [0.2, 0.25) is 0 Å². The first-order valence-electron chi connectivity index (χ1n) is 9.39. The number of ether oxygens (including phenoxy) is 1. The maximum absolute atomic E-state index is 12.8. The van der Waals surface area contributed by atoms with Crippen LogP contribution in [0.5, 0.6) is 5.75 Å². The Kier molecular flexibility index (Phi) is 5.49. The van der Waals surface area contributed by atoms with Crippen molar-refractivity contribution in [2.75, 3.05) is 11.3 Å². The molecule has 0 aliphatic heterocycles. The van der Waals surface area contributed by atoms with Crippen molar-refractivity contribution >= 4 is 26.5 Å². The molecular weight excluding hydrogens is 382 g/mol. The molecule has 0 atom stereocenters. The molecule has 4 aromatic rings. The van der Waals surface area contributed by atoms with Crippen molar-refractivity contribution in [3.8, 4) is 5.75 Å². The molecule has 0 unspecified atom stereocenters. The smallest absolute Gasteiger partial charge is 0.261 e. The first kappa shape index (κ1) is 19.0. The Hall–Kier alpha value is -3.31. The molecule has 0 aliphatic rings. The van der Waals surface area contributed by atoms with Gasteiger partial charge in [-0.05, 0) is 40.6 Å². The van der Waals surface area contributed by atoms with Gasteiger partial charge in [0.25, 0.3) is 10.0 Å². The van der Waals surface area contributed by atoms with Crippen LogP contribution in [-0.2, 0) is 16.4 Å². The molecule has 0 aromatic heterocycles. The van der Waals surface area contributed by atoms with E-state index in [1.54, 1.807) is 30.3 Å². The van der Waals surface area contributed by atoms with Crippen LogP contribution in [0, 0.1) is 0 Å². The van der Waals surface area contributed by atoms with Gasteiger partial charge in [-0.2, -0.15) is 0 Å². The summed E-state index contributed by atoms with van der Waals surface area (Å²) in [5.41, 5.74) is 1.66. The molecule has 4 rings (SSSR count). The van der Waals surface area contributed by atoms with Crippen LogP contribution in [0.1, 0.15) is 5.56 Å². The van der Waals surface area contributed by atoms with Gasteiger partial charge in [0.15, 0.2) is 0 Å². The van der Waals surface area contributed by atoms with Crippen molar-refractivity contribution in [2.24, 2.45) is 0 Å². The lowest BCUT2D eigenvalue weighted by Crippen LogP contribution is -2.13. The molecular formula is C24H21NO3S. The second kappa shape index (κ2) is 8.37. The van der Waals surface area contributed by atoms with Crippen LogP contribution in [0.2, 0.25) is 0 Å². The third kappa shape index (κ3) is 4.76. The third-order valence-corrected chi connectivity index (χ3v) is 6.00. The van der Waals surface area contributed by atoms with Gasteiger partial charge in [-0.25, -0.2) is 8.42 Å². The van der Waals surface area contributed by atoms with Crippen LogP contribution >= 0.6 is 0 Å². The molecule has 4 aromatic carbocycles. The fourth-order valence-electron chi connectivity index (χ4n) is 3.13. The molecule has 0 heterocycles. The summed E-state index contributed by atoms with van der Waals surface area (Å²) in [5.74, 6) is 0.625. The molecule has 146 valence electrons. The maximum Gasteiger partial charge on any atom is 0.261 e. The highest BCUT2D eigenvalue weighted by Crippen LogP contribution is 2.23. The molecule has 0 amide bonds. The number of nitrogens with one attached hydrogen (secondary N) is 1. The highest BCUT2D eigenvalue weighted by atomic mass is 32.2. The van der Waals surface area contributed by atoms with Gasteiger partial charge in [0, 0.05) is 12.5 Å². The Bertz CT molecular complexity index is 1220. The van der Waals surface area contributed by atoms with Crippen LogP contribution in [0.4, 0.5) is 5.69 Å². The zero-order valence-corrected chi connectivity index (χ0v) is 16.6. The van der Waals surface area contributed by atoms with Crippen molar-refractivity contribution in [3.05, 3.63) is 103 Å². The lowest BCUT2D eigenvalue weighted by Gasteiger charge is -2.11. The molecule has 0 saturated carbocycles. The first-order chi connectivity index (χ1) is 14.1. The van der Waals surface area contributed by atoms with Crippen LogP contribution in [0.25, 0.3) is 10.8 Å². The van der Waals surface area contributed by atoms with E-state index in [0.717, 1.165) is 17.2 Å². The van der Waals surface area contributed by atoms with E-state index in [9.17, 15) is 8.42 Å². The summed E-state index contributed by atoms with van der Waals surface area (Å²) in [6.45, 7) is 0.519. The van der Waals surface area contributed by atoms with E-state index >= 15 is 0 Å². The lowest BCUT2D eigenvalue weighted by atomic mass is 10.1. The third-order valence-electron chi connectivity index (χ3n) is 4.62. The quantitative estimate of drug-likeness (QED) is 0.458. The molecule has 5 heteroatoms. The Morgan fingerprint density at radius 1 is 0.724 bits per heavy atom. The van der Waals surface area contributed by atoms with Crippen molar-refractivity contribution in [3.63, 3.8) is 0 Å². The van der Waals surface area contributed by atoms with Gasteiger partial charge in [-0.15, -0.1) is 0 Å². The topological polar surface area (TPSA) is 55.4 Å². The highest BCUT2D eigenvalue weighted by Gasteiger charge is 2.15. The summed E-state index contributed by atoms with van der Waals surface area (Å²) in [6, 6.07) is 29.9. The van der Waals surface area contributed by atoms with E-state index in [1.165, 1.54) is 5.56 Å². The van der Waals surface area contributed by atoms with Gasteiger partial charge >= 0.3 is 0 Å². The standard InChI is InChI=1S/C24H21NO3S/c26-29(27,24-14-13-20-9-4-5-10-21(20)17-24)25-22-11-6-12-23(18-22)28-16-15-19-7-2-1-3-8-19/h1-14,17-18,25H,15-16H2. The minimum Gasteiger partial charge on any atom is -0.493 e. The average Bonchev–Trinajstić information content (AvgIpc) is 2.74. The number of rotatable bonds is 7. The van der Waals surface area contributed by atoms with E-state index in [4.69, 9.17) is 4.74 Å². The van der Waals surface area contributed by atoms with Gasteiger partial charge in [-0.3, -0.25) is 4.72 Å². The van der Waals surface area contributed by atoms with E-state index < -0.39 is 10.0 Å². The zero-order chi connectivity index (χ0) is 20.1. The molecule has 0 bridgehead atoms. The van der Waals surface area contributed by atoms with Gasteiger partial charge in [0.1, 0.15) is 5.75 Å². The normalized spacial score (nSPS) is 11.3. The summed E-state index contributed by atoms with van der Waals surface area (Å²) in [4.78, 5) is 0.228. The highest BCUT2D eigenvalue weighted by molar-refractivity contribution is 7.92. The average molecular weight is 404 g/mol. The summed E-state index contributed by atoms with van der Waals surface area (Å²) >= 11 is 0. The number of hydrogen-bond acceptors (Lipinski definition) is 3. The SMILES string of the molecule is O=S(=O)(Nc1cccc(OCCc2ccccc2)c1)c1ccc2ccccc2c1. The molecule has 4 nitrogen and oxygen atoms in total. The van der Waals surface area contributed by atoms with Crippen molar-refractivity contribution < 1.29 is 13.2 Å². The summed E-state index contributed by atoms with van der Waals surface area (Å²) < 4.78 is 34.0. The number of anilines is 1. The molecule has 29 heavy (non-hydrogen) atoms. The molecule has 0 spiro atoms. The van der Waals surface area contributed by atoms with Crippen LogP contribution in [0.3, 0.4) is 0 Å². The van der Waals surface area contributed by atoms with E-state index in [-0.39, 0.29) is 4.90 Å². The molecule has 0 aliphatic carbocycles. The second-order valence-corrected chi connectivity index (χ2v) is 8.41. The van der Waals surface area contributed by atoms with Crippen molar-refractivity contribution in [2.45, 2.75) is 11.3 Å². The summed E-state index contributed by atoms with van der Waals surface area (Å²) in [7, 11) is -3.69. The Morgan fingerprint density at radius 3 is 2.31 bits per heavy atom. The summed E-state index contributed by atoms with van der Waals surface area (Å²) in [5, 5.41) is 1.88. The number of benzene rings is 4. The largest absolute Gasteiger partial charge is 0.493 e. The lowest BCUT2D eigenvalue weighted by molar-refractivity contribution is 0.322. The molecule has 1 N–H and O–H groups in total. The molecule has 0 radical (unpaired) electrons. The Balaban J connectivity index is 1.46. The van der Waals surface area contributed by atoms with Crippen LogP contribution in [-0.4, -0.2) is 15.0 Å². The summed E-state index contributed by atoms with van der Waals surface area (Å²) in [6.07, 6.45) is 0.786. The Labute approximate surface area is 170 Å². The fraction of sp³-hybridized carbons (Fsp3) is 0.0833. The van der Waals surface area contributed by atoms with E-state index in [2.05, 4.69) is 16.9 Å². The van der Waals surface area contributed by atoms with Gasteiger partial charge in [-0.1, -0.05) is 66.7 Å². The maximum atomic E-state index is 12.8. The fourth-order valence-corrected chi connectivity index (χ4v) is 4.21. The Morgan fingerprint density at radius 2 is 1.48 bits per heavy atom. The number of fused-ring (bicyclic) bond motifs is 1. The van der Waals surface area contributed by atoms with Gasteiger partial charge < -0.3 is 4.74 Å². The predicted octanol–water partition coefficient (Wildman–Crippen LogP) is 5.26. The number of sulfonamides is 1. The van der Waals surface area contributed by atoms with Crippen LogP contribution < -0.4 is 9.46 Å². The van der Waals surface area contributed by atoms with E-state index in [1.807, 2.05) is 54.6 Å². The van der Waals surface area contributed by atoms with Gasteiger partial charge in [0.05, 0.1) is 17.2 Å². The van der Waals surface area contributed by atoms with Crippen molar-refractivity contribution in [1.82, 2.24) is 0 Å². The second-order valence-electron chi connectivity index (χ2n) is 6.73. The first-order valence-corrected chi connectivity index (χ1v) is 10.9. The number of hydrogen-bond donors (Lipinski definition) is 1. The predicted molar refractivity (Wildman–Crippen MR) is 117 cm³/mol. The van der Waals surface area contributed by atoms with Crippen LogP contribution in [0.15, 0.2) is 102 Å². The minimum atomic E-state index is -3.69. The zero-order valence-electron chi connectivity index (χ0n) is 15.8. The monoisotopic (exact) mass is 403 g/mol.